The quantitative estimate of drug-likeness (QED) is 0.0437. The van der Waals surface area contributed by atoms with Crippen molar-refractivity contribution in [2.24, 2.45) is 0 Å². The molecule has 0 amide bonds. The van der Waals surface area contributed by atoms with Gasteiger partial charge in [-0.1, -0.05) is 327 Å². The first-order valence-corrected chi connectivity index (χ1v) is 42.9. The van der Waals surface area contributed by atoms with E-state index in [0.717, 1.165) is 106 Å². The lowest BCUT2D eigenvalue weighted by Gasteiger charge is -2.30. The van der Waals surface area contributed by atoms with Gasteiger partial charge >= 0.3 is 0 Å². The maximum atomic E-state index is 14.4. The number of benzene rings is 12. The summed E-state index contributed by atoms with van der Waals surface area (Å²) in [7, 11) is 0. The number of carbonyl (C=O) groups is 1. The number of halogens is 8. The molecule has 3 aliphatic rings. The lowest BCUT2D eigenvalue weighted by Crippen LogP contribution is -2.43. The van der Waals surface area contributed by atoms with Crippen LogP contribution >= 0.6 is 88.1 Å². The Morgan fingerprint density at radius 1 is 0.348 bits per heavy atom. The Hall–Kier alpha value is -7.87. The van der Waals surface area contributed by atoms with Crippen molar-refractivity contribution in [2.45, 2.75) is 69.5 Å². The molecule has 12 aromatic carbocycles. The molecule has 0 saturated carbocycles. The highest BCUT2D eigenvalue weighted by Crippen LogP contribution is 2.43. The number of alkyl halides is 4. The van der Waals surface area contributed by atoms with Gasteiger partial charge in [-0.3, -0.25) is 4.79 Å². The Morgan fingerprint density at radius 3 is 0.955 bits per heavy atom. The van der Waals surface area contributed by atoms with Crippen LogP contribution in [0.2, 0.25) is 0 Å². The van der Waals surface area contributed by atoms with E-state index in [9.17, 15) is 22.4 Å². The van der Waals surface area contributed by atoms with Gasteiger partial charge in [-0.15, -0.1) is 11.8 Å². The van der Waals surface area contributed by atoms with Crippen molar-refractivity contribution in [3.05, 3.63) is 412 Å². The zero-order chi connectivity index (χ0) is 79.7. The van der Waals surface area contributed by atoms with Crippen molar-refractivity contribution in [3.8, 4) is 0 Å². The third-order valence-electron chi connectivity index (χ3n) is 18.5. The highest BCUT2D eigenvalue weighted by molar-refractivity contribution is 9.11. The third kappa shape index (κ3) is 30.1. The predicted molar refractivity (Wildman–Crippen MR) is 484 cm³/mol. The number of hydrogen-bond donors (Lipinski definition) is 4. The van der Waals surface area contributed by atoms with Crippen molar-refractivity contribution in [2.75, 3.05) is 86.8 Å². The topological polar surface area (TPSA) is 59.6 Å². The fourth-order valence-electron chi connectivity index (χ4n) is 12.4. The number of nitrogens with one attached hydrogen (secondary N) is 3. The van der Waals surface area contributed by atoms with E-state index < -0.39 is 11.8 Å². The van der Waals surface area contributed by atoms with Gasteiger partial charge in [-0.05, 0) is 176 Å². The summed E-state index contributed by atoms with van der Waals surface area (Å²) < 4.78 is 60.9. The number of hydrogen-bond acceptors (Lipinski definition) is 8. The molecule has 16 heteroatoms. The van der Waals surface area contributed by atoms with Crippen LogP contribution in [0, 0.1) is 0 Å². The SMILES string of the molecule is Brc1ccc(Cc2ccccc2)cc1.C1CCNCC1.CCS.CCSC(C)(c1ccccc1)c1ccc(Br)cc1.FC(F)(c1ccccc1)c1ccc(Br)cc1.FC(F)(c1ccccc1)c1ccc(N2CCNCC2)cc1.O=C(c1ccccc1)c1ccc(Br)cc1.c1ccc(Cc2ccc(N3CCNCC3)cc2)cc1. The van der Waals surface area contributed by atoms with Gasteiger partial charge in [0.05, 0.1) is 4.75 Å². The summed E-state index contributed by atoms with van der Waals surface area (Å²) in [6, 6.07) is 103. The van der Waals surface area contributed by atoms with Crippen LogP contribution in [0.25, 0.3) is 0 Å². The van der Waals surface area contributed by atoms with E-state index >= 15 is 0 Å². The second kappa shape index (κ2) is 49.0. The molecule has 3 N–H and O–H groups in total. The Labute approximate surface area is 706 Å². The average molecular weight is 1800 g/mol. The van der Waals surface area contributed by atoms with Gasteiger partial charge in [0.25, 0.3) is 11.8 Å². The van der Waals surface area contributed by atoms with E-state index in [4.69, 9.17) is 0 Å². The molecule has 112 heavy (non-hydrogen) atoms. The molecular weight excluding hydrogens is 1700 g/mol. The molecule has 584 valence electrons. The molecule has 3 aliphatic heterocycles. The van der Waals surface area contributed by atoms with Crippen LogP contribution in [-0.2, 0) is 29.4 Å². The maximum Gasteiger partial charge on any atom is 0.298 e. The van der Waals surface area contributed by atoms with Crippen LogP contribution in [0.3, 0.4) is 0 Å². The van der Waals surface area contributed by atoms with Crippen molar-refractivity contribution in [3.63, 3.8) is 0 Å². The highest BCUT2D eigenvalue weighted by atomic mass is 79.9. The Bertz CT molecular complexity index is 4510. The standard InChI is InChI=1S/C17H18F2N2.C17H20N2.C16H17BrS.C13H9BrF2.C13H9BrO.C13H11Br.C5H11N.C2H6S/c18-17(19,14-4-2-1-3-5-14)15-6-8-16(9-7-15)21-12-10-20-11-13-21;1-2-4-15(5-3-1)14-16-6-8-17(9-7-16)19-12-10-18-11-13-19;1-3-18-16(2,13-7-5-4-6-8-13)14-9-11-15(17)12-10-14;14-12-8-6-11(7-9-12)13(15,16)10-4-2-1-3-5-10;14-12-8-6-11(7-9-12)13(15)10-4-2-1-3-5-10;14-13-8-6-12(7-9-13)10-11-4-2-1-3-5-11;1-2-4-6-5-3-1;1-2-3/h1-9,20H,10-13H2;1-9,18H,10-14H2;4-12H,3H2,1-2H3;1-9H;1-9H;1-9H,10H2;6H,1-5H2;3H,2H2,1H3. The zero-order valence-electron chi connectivity index (χ0n) is 63.9. The Kier molecular flexibility index (Phi) is 39.3. The van der Waals surface area contributed by atoms with Gasteiger partial charge in [0, 0.05) is 115 Å². The van der Waals surface area contributed by atoms with Gasteiger partial charge in [0.15, 0.2) is 5.78 Å². The van der Waals surface area contributed by atoms with Crippen LogP contribution in [0.15, 0.2) is 345 Å². The van der Waals surface area contributed by atoms with Crippen LogP contribution in [0.4, 0.5) is 28.9 Å². The van der Waals surface area contributed by atoms with Crippen molar-refractivity contribution in [1.29, 1.82) is 0 Å². The molecule has 0 aromatic heterocycles. The molecule has 1 unspecified atom stereocenters. The molecule has 0 aliphatic carbocycles. The number of thiol groups is 1. The summed E-state index contributed by atoms with van der Waals surface area (Å²) in [4.78, 5) is 16.6. The normalized spacial score (nSPS) is 13.6. The minimum absolute atomic E-state index is 0.00176. The van der Waals surface area contributed by atoms with Crippen LogP contribution in [0.1, 0.15) is 112 Å². The number of nitrogens with zero attached hydrogens (tertiary/aromatic N) is 2. The minimum Gasteiger partial charge on any atom is -0.369 e. The summed E-state index contributed by atoms with van der Waals surface area (Å²) >= 11 is 19.3. The Morgan fingerprint density at radius 2 is 0.607 bits per heavy atom. The Balaban J connectivity index is 0.000000165. The number of carbonyl (C=O) groups excluding carboxylic acids is 1. The second-order valence-electron chi connectivity index (χ2n) is 26.7. The lowest BCUT2D eigenvalue weighted by molar-refractivity contribution is 0.0423. The number of piperazine rings is 2. The van der Waals surface area contributed by atoms with Gasteiger partial charge < -0.3 is 25.8 Å². The van der Waals surface area contributed by atoms with Crippen molar-refractivity contribution < 1.29 is 22.4 Å². The first kappa shape index (κ1) is 89.7. The average Bonchev–Trinajstić information content (AvgIpc) is 0.805. The monoisotopic (exact) mass is 1800 g/mol. The summed E-state index contributed by atoms with van der Waals surface area (Å²) in [6.45, 7) is 17.1. The van der Waals surface area contributed by atoms with Gasteiger partial charge in [-0.25, -0.2) is 0 Å². The smallest absolute Gasteiger partial charge is 0.298 e. The van der Waals surface area contributed by atoms with E-state index in [1.165, 1.54) is 120 Å². The summed E-state index contributed by atoms with van der Waals surface area (Å²) in [6.07, 6.45) is 6.24. The van der Waals surface area contributed by atoms with E-state index in [-0.39, 0.29) is 32.8 Å². The molecule has 0 spiro atoms. The first-order chi connectivity index (χ1) is 54.4. The fourth-order valence-corrected chi connectivity index (χ4v) is 14.7. The molecule has 12 aromatic rings. The molecule has 6 nitrogen and oxygen atoms in total. The zero-order valence-corrected chi connectivity index (χ0v) is 71.9. The third-order valence-corrected chi connectivity index (χ3v) is 22.0. The molecule has 15 rings (SSSR count). The highest BCUT2D eigenvalue weighted by Gasteiger charge is 2.35. The van der Waals surface area contributed by atoms with E-state index in [0.29, 0.717) is 5.56 Å². The summed E-state index contributed by atoms with van der Waals surface area (Å²) in [5.41, 5.74) is 12.0. The second-order valence-corrected chi connectivity index (χ2v) is 32.7. The molecule has 3 saturated heterocycles. The molecular formula is C96H101Br4F4N5OS2. The number of piperidine rings is 1. The van der Waals surface area contributed by atoms with Crippen LogP contribution in [-0.4, -0.2) is 82.7 Å². The van der Waals surface area contributed by atoms with Gasteiger partial charge in [0.1, 0.15) is 0 Å². The number of ketones is 1. The molecule has 1 atom stereocenters. The maximum absolute atomic E-state index is 14.4. The largest absolute Gasteiger partial charge is 0.369 e. The van der Waals surface area contributed by atoms with E-state index in [2.05, 4.69) is 274 Å². The predicted octanol–water partition coefficient (Wildman–Crippen LogP) is 25.4. The molecule has 0 radical (unpaired) electrons. The van der Waals surface area contributed by atoms with Crippen molar-refractivity contribution >= 4 is 105 Å². The van der Waals surface area contributed by atoms with E-state index in [1.807, 2.05) is 79.3 Å². The molecule has 3 heterocycles. The van der Waals surface area contributed by atoms with Crippen LogP contribution < -0.4 is 25.8 Å². The molecule has 0 bridgehead atoms. The summed E-state index contributed by atoms with van der Waals surface area (Å²) in [5.74, 6) is -3.80. The minimum atomic E-state index is -2.96. The number of anilines is 2. The van der Waals surface area contributed by atoms with Gasteiger partial charge in [0.2, 0.25) is 0 Å². The summed E-state index contributed by atoms with van der Waals surface area (Å²) in [5, 5.41) is 9.95. The van der Waals surface area contributed by atoms with E-state index in [1.54, 1.807) is 60.7 Å². The molecule has 3 fully saturated rings. The number of rotatable bonds is 16. The van der Waals surface area contributed by atoms with Gasteiger partial charge in [-0.2, -0.15) is 30.2 Å². The van der Waals surface area contributed by atoms with Crippen LogP contribution in [0.5, 0.6) is 0 Å². The fraction of sp³-hybridized carbons (Fsp3) is 0.240. The first-order valence-electron chi connectivity index (χ1n) is 38.1. The lowest BCUT2D eigenvalue weighted by atomic mass is 9.92. The van der Waals surface area contributed by atoms with Crippen molar-refractivity contribution in [1.82, 2.24) is 16.0 Å². The number of thioether (sulfide) groups is 1.